The van der Waals surface area contributed by atoms with Crippen molar-refractivity contribution in [3.8, 4) is 22.5 Å². The van der Waals surface area contributed by atoms with Gasteiger partial charge >= 0.3 is 11.9 Å². The molecule has 0 bridgehead atoms. The number of ketones is 1. The number of rotatable bonds is 10. The quantitative estimate of drug-likeness (QED) is 0.0637. The molecular weight excluding hydrogens is 516 g/mol. The fraction of sp³-hybridized carbons (Fsp3) is 0.100. The van der Waals surface area contributed by atoms with Gasteiger partial charge in [0.05, 0.1) is 18.0 Å². The lowest BCUT2D eigenvalue weighted by atomic mass is 10.0. The number of aliphatic hydroxyl groups excluding tert-OH is 1. The molecule has 4 rings (SSSR count). The van der Waals surface area contributed by atoms with Crippen LogP contribution in [-0.2, 0) is 20.1 Å². The zero-order valence-corrected chi connectivity index (χ0v) is 21.7. The number of aliphatic carboxylic acids is 1. The second kappa shape index (κ2) is 12.7. The highest BCUT2D eigenvalue weighted by molar-refractivity contribution is 7.98. The van der Waals surface area contributed by atoms with Crippen LogP contribution in [0.1, 0.15) is 28.4 Å². The zero-order valence-electron chi connectivity index (χ0n) is 20.9. The van der Waals surface area contributed by atoms with Gasteiger partial charge in [-0.1, -0.05) is 96.7 Å². The Kier molecular flexibility index (Phi) is 8.86. The Morgan fingerprint density at radius 1 is 0.821 bits per heavy atom. The minimum atomic E-state index is -1.65. The molecule has 0 radical (unpaired) electrons. The van der Waals surface area contributed by atoms with Gasteiger partial charge in [-0.15, -0.1) is 0 Å². The van der Waals surface area contributed by atoms with Crippen LogP contribution in [0.3, 0.4) is 0 Å². The minimum absolute atomic E-state index is 0.211. The third-order valence-electron chi connectivity index (χ3n) is 5.56. The Hall–Kier alpha value is -4.76. The highest BCUT2D eigenvalue weighted by Crippen LogP contribution is 2.33. The molecule has 2 N–H and O–H groups in total. The Bertz CT molecular complexity index is 1460. The van der Waals surface area contributed by atoms with Crippen molar-refractivity contribution >= 4 is 35.2 Å². The number of hydrogen-bond acceptors (Lipinski definition) is 8. The molecule has 1 aromatic heterocycles. The molecule has 0 unspecified atom stereocenters. The first-order chi connectivity index (χ1) is 18.9. The van der Waals surface area contributed by atoms with E-state index in [1.54, 1.807) is 31.2 Å². The van der Waals surface area contributed by atoms with E-state index in [4.69, 9.17) is 19.8 Å². The summed E-state index contributed by atoms with van der Waals surface area (Å²) >= 11 is 1.37. The van der Waals surface area contributed by atoms with Crippen molar-refractivity contribution in [1.82, 2.24) is 9.97 Å². The maximum Gasteiger partial charge on any atom is 0.376 e. The van der Waals surface area contributed by atoms with Crippen molar-refractivity contribution in [2.24, 2.45) is 0 Å². The van der Waals surface area contributed by atoms with Crippen LogP contribution < -0.4 is 0 Å². The van der Waals surface area contributed by atoms with Gasteiger partial charge in [0.25, 0.3) is 5.78 Å². The third kappa shape index (κ3) is 6.77. The lowest BCUT2D eigenvalue weighted by Crippen LogP contribution is -2.12. The van der Waals surface area contributed by atoms with E-state index >= 15 is 0 Å². The summed E-state index contributed by atoms with van der Waals surface area (Å²) in [5.41, 5.74) is 3.93. The number of carboxylic acids is 1. The van der Waals surface area contributed by atoms with Crippen LogP contribution in [-0.4, -0.2) is 44.5 Å². The van der Waals surface area contributed by atoms with Crippen LogP contribution in [0.15, 0.2) is 96.2 Å². The molecule has 9 heteroatoms. The van der Waals surface area contributed by atoms with Crippen LogP contribution >= 0.6 is 11.8 Å². The van der Waals surface area contributed by atoms with Crippen LogP contribution in [0.2, 0.25) is 0 Å². The molecule has 4 aromatic rings. The average molecular weight is 541 g/mol. The van der Waals surface area contributed by atoms with Gasteiger partial charge in [-0.3, -0.25) is 4.79 Å². The SMILES string of the molecule is CCOC(=O)c1c(-c2ccccc2)nc(SCc2ccc(C(O)=CC(=O)C(=O)O)cc2)nc1-c1ccccc1. The largest absolute Gasteiger partial charge is 0.507 e. The number of benzene rings is 3. The highest BCUT2D eigenvalue weighted by Gasteiger charge is 2.24. The maximum atomic E-state index is 13.1. The Morgan fingerprint density at radius 2 is 1.36 bits per heavy atom. The Morgan fingerprint density at radius 3 is 1.85 bits per heavy atom. The standard InChI is InChI=1S/C30H24N2O6S/c1-2-38-29(37)25-26(21-9-5-3-6-10-21)31-30(32-27(25)22-11-7-4-8-12-22)39-18-19-13-15-20(16-14-19)23(33)17-24(34)28(35)36/h3-17,33H,2,18H2,1H3,(H,35,36). The normalized spacial score (nSPS) is 11.2. The number of hydrogen-bond donors (Lipinski definition) is 2. The van der Waals surface area contributed by atoms with Gasteiger partial charge < -0.3 is 14.9 Å². The molecule has 196 valence electrons. The zero-order chi connectivity index (χ0) is 27.8. The molecule has 8 nitrogen and oxygen atoms in total. The summed E-state index contributed by atoms with van der Waals surface area (Å²) in [6.45, 7) is 1.96. The smallest absolute Gasteiger partial charge is 0.376 e. The van der Waals surface area contributed by atoms with Gasteiger partial charge in [-0.05, 0) is 12.5 Å². The lowest BCUT2D eigenvalue weighted by Gasteiger charge is -2.15. The summed E-state index contributed by atoms with van der Waals surface area (Å²) in [7, 11) is 0. The fourth-order valence-electron chi connectivity index (χ4n) is 3.70. The first kappa shape index (κ1) is 27.3. The molecule has 0 saturated heterocycles. The summed E-state index contributed by atoms with van der Waals surface area (Å²) in [6, 6.07) is 25.4. The molecule has 39 heavy (non-hydrogen) atoms. The molecule has 0 aliphatic rings. The van der Waals surface area contributed by atoms with Gasteiger partial charge in [-0.25, -0.2) is 19.6 Å². The fourth-order valence-corrected chi connectivity index (χ4v) is 4.50. The molecule has 0 fully saturated rings. The van der Waals surface area contributed by atoms with E-state index in [1.807, 2.05) is 60.7 Å². The van der Waals surface area contributed by atoms with Crippen molar-refractivity contribution in [1.29, 1.82) is 0 Å². The summed E-state index contributed by atoms with van der Waals surface area (Å²) in [6.07, 6.45) is 0.668. The molecule has 3 aromatic carbocycles. The van der Waals surface area contributed by atoms with Gasteiger partial charge in [-0.2, -0.15) is 0 Å². The van der Waals surface area contributed by atoms with Crippen LogP contribution in [0.25, 0.3) is 28.3 Å². The van der Waals surface area contributed by atoms with E-state index in [-0.39, 0.29) is 6.61 Å². The predicted octanol–water partition coefficient (Wildman–Crippen LogP) is 5.83. The van der Waals surface area contributed by atoms with Crippen LogP contribution in [0, 0.1) is 0 Å². The van der Waals surface area contributed by atoms with E-state index in [0.717, 1.165) is 16.7 Å². The molecule has 0 spiro atoms. The van der Waals surface area contributed by atoms with E-state index in [0.29, 0.717) is 39.5 Å². The van der Waals surface area contributed by atoms with Gasteiger partial charge in [0.2, 0.25) is 0 Å². The van der Waals surface area contributed by atoms with E-state index in [2.05, 4.69) is 0 Å². The van der Waals surface area contributed by atoms with Gasteiger partial charge in [0, 0.05) is 28.5 Å². The van der Waals surface area contributed by atoms with E-state index in [1.165, 1.54) is 11.8 Å². The summed E-state index contributed by atoms with van der Waals surface area (Å²) in [5, 5.41) is 19.2. The second-order valence-electron chi connectivity index (χ2n) is 8.22. The van der Waals surface area contributed by atoms with Gasteiger partial charge in [0.15, 0.2) is 5.16 Å². The number of nitrogens with zero attached hydrogens (tertiary/aromatic N) is 2. The molecule has 0 aliphatic carbocycles. The molecule has 0 aliphatic heterocycles. The van der Waals surface area contributed by atoms with E-state index < -0.39 is 23.5 Å². The maximum absolute atomic E-state index is 13.1. The first-order valence-electron chi connectivity index (χ1n) is 12.0. The van der Waals surface area contributed by atoms with E-state index in [9.17, 15) is 19.5 Å². The molecule has 1 heterocycles. The number of thioether (sulfide) groups is 1. The van der Waals surface area contributed by atoms with Crippen molar-refractivity contribution in [2.45, 2.75) is 17.8 Å². The van der Waals surface area contributed by atoms with Crippen molar-refractivity contribution < 1.29 is 29.3 Å². The topological polar surface area (TPSA) is 127 Å². The Balaban J connectivity index is 1.69. The predicted molar refractivity (Wildman–Crippen MR) is 148 cm³/mol. The number of aromatic nitrogens is 2. The van der Waals surface area contributed by atoms with Crippen LogP contribution in [0.5, 0.6) is 0 Å². The lowest BCUT2D eigenvalue weighted by molar-refractivity contribution is -0.146. The molecule has 0 atom stereocenters. The number of carbonyl (C=O) groups excluding carboxylic acids is 2. The molecule has 0 saturated carbocycles. The van der Waals surface area contributed by atoms with Gasteiger partial charge in [0.1, 0.15) is 11.3 Å². The number of esters is 1. The minimum Gasteiger partial charge on any atom is -0.507 e. The first-order valence-corrected chi connectivity index (χ1v) is 13.0. The van der Waals surface area contributed by atoms with Crippen molar-refractivity contribution in [3.05, 3.63) is 108 Å². The molecule has 0 amide bonds. The monoisotopic (exact) mass is 540 g/mol. The number of aliphatic hydroxyl groups is 1. The number of ether oxygens (including phenoxy) is 1. The average Bonchev–Trinajstić information content (AvgIpc) is 2.96. The summed E-state index contributed by atoms with van der Waals surface area (Å²) in [5.74, 6) is -3.32. The number of carbonyl (C=O) groups is 3. The summed E-state index contributed by atoms with van der Waals surface area (Å²) < 4.78 is 5.38. The summed E-state index contributed by atoms with van der Waals surface area (Å²) in [4.78, 5) is 44.7. The van der Waals surface area contributed by atoms with Crippen molar-refractivity contribution in [3.63, 3.8) is 0 Å². The molecular formula is C30H24N2O6S. The number of carboxylic acid groups (broad SMARTS) is 1. The van der Waals surface area contributed by atoms with Crippen molar-refractivity contribution in [2.75, 3.05) is 6.61 Å². The highest BCUT2D eigenvalue weighted by atomic mass is 32.2. The Labute approximate surface area is 229 Å². The third-order valence-corrected chi connectivity index (χ3v) is 6.48. The second-order valence-corrected chi connectivity index (χ2v) is 9.16. The van der Waals surface area contributed by atoms with Crippen LogP contribution in [0.4, 0.5) is 0 Å².